The number of nitrogens with two attached hydrogens (primary N) is 1. The largest absolute Gasteiger partial charge is 0.469 e. The summed E-state index contributed by atoms with van der Waals surface area (Å²) in [5.74, 6) is 0.400. The summed E-state index contributed by atoms with van der Waals surface area (Å²) in [5.41, 5.74) is 6.20. The summed E-state index contributed by atoms with van der Waals surface area (Å²) < 4.78 is 5.56. The van der Waals surface area contributed by atoms with E-state index in [1.54, 1.807) is 18.3 Å². The molecule has 2 rings (SSSR count). The van der Waals surface area contributed by atoms with Crippen LogP contribution in [0.3, 0.4) is 0 Å². The highest BCUT2D eigenvalue weighted by molar-refractivity contribution is 5.47. The van der Waals surface area contributed by atoms with Gasteiger partial charge in [0.15, 0.2) is 0 Å². The lowest BCUT2D eigenvalue weighted by molar-refractivity contribution is 0.0712. The van der Waals surface area contributed by atoms with Crippen LogP contribution >= 0.6 is 0 Å². The maximum absolute atomic E-state index is 9.68. The highest BCUT2D eigenvalue weighted by Crippen LogP contribution is 2.21. The molecule has 1 aliphatic heterocycles. The third kappa shape index (κ3) is 2.19. The minimum Gasteiger partial charge on any atom is -0.469 e. The van der Waals surface area contributed by atoms with Gasteiger partial charge in [-0.25, -0.2) is 4.98 Å². The number of β-amino-alcohol motifs (C(OH)–C–C–N with tert-alkyl or cyclic N) is 1. The highest BCUT2D eigenvalue weighted by atomic mass is 16.5. The number of pyridine rings is 1. The molecule has 2 heterocycles. The summed E-state index contributed by atoms with van der Waals surface area (Å²) >= 11 is 0. The molecule has 1 aromatic rings. The molecule has 5 heteroatoms. The van der Waals surface area contributed by atoms with Crippen LogP contribution in [0.5, 0.6) is 5.88 Å². The first kappa shape index (κ1) is 10.2. The van der Waals surface area contributed by atoms with Gasteiger partial charge in [-0.3, -0.25) is 4.90 Å². The second-order valence-electron chi connectivity index (χ2n) is 3.84. The Hall–Kier alpha value is -1.33. The molecule has 2 atom stereocenters. The van der Waals surface area contributed by atoms with Crippen LogP contribution in [0, 0.1) is 0 Å². The summed E-state index contributed by atoms with van der Waals surface area (Å²) in [6, 6.07) is 3.48. The van der Waals surface area contributed by atoms with Crippen molar-refractivity contribution in [3.63, 3.8) is 0 Å². The average molecular weight is 209 g/mol. The molecule has 0 radical (unpaired) electrons. The standard InChI is InChI=1S/C10H15N3O2/c1-13-5-8(14)9(6-13)15-10-7(11)3-2-4-12-10/h2-4,8-9,14H,5-6,11H2,1H3/t8-,9-/m1/s1. The van der Waals surface area contributed by atoms with Crippen molar-refractivity contribution in [2.75, 3.05) is 25.9 Å². The summed E-state index contributed by atoms with van der Waals surface area (Å²) in [6.07, 6.45) is 0.903. The highest BCUT2D eigenvalue weighted by Gasteiger charge is 2.31. The number of aliphatic hydroxyl groups excluding tert-OH is 1. The molecule has 0 saturated carbocycles. The molecule has 1 aromatic heterocycles. The number of hydrogen-bond donors (Lipinski definition) is 2. The Bertz CT molecular complexity index is 345. The van der Waals surface area contributed by atoms with Crippen molar-refractivity contribution >= 4 is 5.69 Å². The first-order valence-electron chi connectivity index (χ1n) is 4.90. The molecule has 82 valence electrons. The monoisotopic (exact) mass is 209 g/mol. The minimum atomic E-state index is -0.476. The van der Waals surface area contributed by atoms with Gasteiger partial charge in [0.2, 0.25) is 5.88 Å². The van der Waals surface area contributed by atoms with Crippen LogP contribution in [0.4, 0.5) is 5.69 Å². The van der Waals surface area contributed by atoms with Crippen molar-refractivity contribution < 1.29 is 9.84 Å². The van der Waals surface area contributed by atoms with E-state index in [1.165, 1.54) is 0 Å². The summed E-state index contributed by atoms with van der Waals surface area (Å²) in [4.78, 5) is 6.03. The Balaban J connectivity index is 2.06. The molecular weight excluding hydrogens is 194 g/mol. The van der Waals surface area contributed by atoms with Crippen LogP contribution in [0.15, 0.2) is 18.3 Å². The first-order valence-corrected chi connectivity index (χ1v) is 4.90. The SMILES string of the molecule is CN1C[C@@H](O)[C@H](Oc2ncccc2N)C1. The van der Waals surface area contributed by atoms with Crippen molar-refractivity contribution in [2.45, 2.75) is 12.2 Å². The van der Waals surface area contributed by atoms with E-state index in [0.717, 1.165) is 0 Å². The van der Waals surface area contributed by atoms with Gasteiger partial charge in [0.25, 0.3) is 0 Å². The molecule has 0 bridgehead atoms. The predicted molar refractivity (Wildman–Crippen MR) is 56.6 cm³/mol. The van der Waals surface area contributed by atoms with Gasteiger partial charge >= 0.3 is 0 Å². The average Bonchev–Trinajstić information content (AvgIpc) is 2.49. The lowest BCUT2D eigenvalue weighted by atomic mass is 10.2. The Labute approximate surface area is 88.5 Å². The number of anilines is 1. The van der Waals surface area contributed by atoms with Gasteiger partial charge in [0.05, 0.1) is 5.69 Å². The van der Waals surface area contributed by atoms with E-state index < -0.39 is 6.10 Å². The molecule has 5 nitrogen and oxygen atoms in total. The number of hydrogen-bond acceptors (Lipinski definition) is 5. The number of aliphatic hydroxyl groups is 1. The Kier molecular flexibility index (Phi) is 2.75. The van der Waals surface area contributed by atoms with E-state index in [0.29, 0.717) is 24.7 Å². The predicted octanol–water partition coefficient (Wildman–Crippen LogP) is -0.283. The lowest BCUT2D eigenvalue weighted by Crippen LogP contribution is -2.30. The maximum Gasteiger partial charge on any atom is 0.237 e. The Morgan fingerprint density at radius 2 is 2.40 bits per heavy atom. The first-order chi connectivity index (χ1) is 7.16. The van der Waals surface area contributed by atoms with Gasteiger partial charge in [-0.1, -0.05) is 0 Å². The van der Waals surface area contributed by atoms with Crippen LogP contribution < -0.4 is 10.5 Å². The fourth-order valence-corrected chi connectivity index (χ4v) is 1.70. The van der Waals surface area contributed by atoms with Crippen LogP contribution in [0.25, 0.3) is 0 Å². The number of ether oxygens (including phenoxy) is 1. The molecule has 0 aliphatic carbocycles. The van der Waals surface area contributed by atoms with Gasteiger partial charge in [0, 0.05) is 19.3 Å². The third-order valence-corrected chi connectivity index (χ3v) is 2.48. The summed E-state index contributed by atoms with van der Waals surface area (Å²) in [5, 5.41) is 9.68. The summed E-state index contributed by atoms with van der Waals surface area (Å²) in [6.45, 7) is 1.31. The number of rotatable bonds is 2. The van der Waals surface area contributed by atoms with E-state index in [1.807, 2.05) is 11.9 Å². The molecule has 0 unspecified atom stereocenters. The quantitative estimate of drug-likeness (QED) is 0.700. The normalized spacial score (nSPS) is 26.8. The smallest absolute Gasteiger partial charge is 0.237 e. The molecule has 3 N–H and O–H groups in total. The Morgan fingerprint density at radius 1 is 1.60 bits per heavy atom. The minimum absolute atomic E-state index is 0.243. The van der Waals surface area contributed by atoms with Gasteiger partial charge in [0.1, 0.15) is 12.2 Å². The molecular formula is C10H15N3O2. The molecule has 1 fully saturated rings. The second-order valence-corrected chi connectivity index (χ2v) is 3.84. The van der Waals surface area contributed by atoms with Crippen molar-refractivity contribution in [3.05, 3.63) is 18.3 Å². The molecule has 1 saturated heterocycles. The molecule has 0 spiro atoms. The fraction of sp³-hybridized carbons (Fsp3) is 0.500. The topological polar surface area (TPSA) is 71.6 Å². The van der Waals surface area contributed by atoms with E-state index in [4.69, 9.17) is 10.5 Å². The van der Waals surface area contributed by atoms with E-state index in [2.05, 4.69) is 4.98 Å². The van der Waals surface area contributed by atoms with Crippen molar-refractivity contribution in [1.82, 2.24) is 9.88 Å². The zero-order valence-electron chi connectivity index (χ0n) is 8.63. The zero-order chi connectivity index (χ0) is 10.8. The van der Waals surface area contributed by atoms with Crippen LogP contribution in [-0.2, 0) is 0 Å². The van der Waals surface area contributed by atoms with Crippen molar-refractivity contribution in [1.29, 1.82) is 0 Å². The van der Waals surface area contributed by atoms with Crippen LogP contribution in [-0.4, -0.2) is 47.3 Å². The van der Waals surface area contributed by atoms with Crippen molar-refractivity contribution in [2.24, 2.45) is 0 Å². The second kappa shape index (κ2) is 4.04. The van der Waals surface area contributed by atoms with Gasteiger partial charge in [-0.15, -0.1) is 0 Å². The van der Waals surface area contributed by atoms with Crippen LogP contribution in [0.1, 0.15) is 0 Å². The molecule has 15 heavy (non-hydrogen) atoms. The van der Waals surface area contributed by atoms with Gasteiger partial charge in [-0.05, 0) is 19.2 Å². The maximum atomic E-state index is 9.68. The molecule has 0 aromatic carbocycles. The van der Waals surface area contributed by atoms with E-state index in [-0.39, 0.29) is 6.10 Å². The van der Waals surface area contributed by atoms with Gasteiger partial charge in [-0.2, -0.15) is 0 Å². The van der Waals surface area contributed by atoms with Gasteiger partial charge < -0.3 is 15.6 Å². The number of nitrogen functional groups attached to an aromatic ring is 1. The number of likely N-dealkylation sites (N-methyl/N-ethyl adjacent to an activating group) is 1. The third-order valence-electron chi connectivity index (χ3n) is 2.48. The molecule has 0 amide bonds. The number of aromatic nitrogens is 1. The zero-order valence-corrected chi connectivity index (χ0v) is 8.63. The fourth-order valence-electron chi connectivity index (χ4n) is 1.70. The van der Waals surface area contributed by atoms with E-state index in [9.17, 15) is 5.11 Å². The Morgan fingerprint density at radius 3 is 3.00 bits per heavy atom. The summed E-state index contributed by atoms with van der Waals surface area (Å²) in [7, 11) is 1.94. The number of likely N-dealkylation sites (tertiary alicyclic amines) is 1. The number of nitrogens with zero attached hydrogens (tertiary/aromatic N) is 2. The van der Waals surface area contributed by atoms with Crippen LogP contribution in [0.2, 0.25) is 0 Å². The van der Waals surface area contributed by atoms with Crippen molar-refractivity contribution in [3.8, 4) is 5.88 Å². The van der Waals surface area contributed by atoms with E-state index >= 15 is 0 Å². The molecule has 1 aliphatic rings. The lowest BCUT2D eigenvalue weighted by Gasteiger charge is -2.16.